The monoisotopic (exact) mass is 426 g/mol. The number of urea groups is 1. The molecule has 0 radical (unpaired) electrons. The predicted molar refractivity (Wildman–Crippen MR) is 120 cm³/mol. The van der Waals surface area contributed by atoms with E-state index in [-0.39, 0.29) is 29.9 Å². The van der Waals surface area contributed by atoms with Crippen LogP contribution in [0.4, 0.5) is 10.5 Å². The minimum absolute atomic E-state index is 0.0154. The van der Waals surface area contributed by atoms with Crippen LogP contribution in [0.25, 0.3) is 0 Å². The number of carbonyl (C=O) groups is 3. The number of nitrogens with one attached hydrogen (secondary N) is 1. The standard InChI is InChI=1S/C24H34N4O3/c1-23(2)13-15(25)14-24(3,4)28(23)22(31)26-16-10-11-18-19(12-16)21(30)27(20(18)29)17-8-6-5-7-9-17/h10-12,15,17H,5-9,13-14,25H2,1-4H3,(H,26,31). The SMILES string of the molecule is CC1(C)CC(N)CC(C)(C)N1C(=O)Nc1ccc2c(c1)C(=O)N(C1CCCCC1)C2=O. The first kappa shape index (κ1) is 21.8. The minimum atomic E-state index is -0.397. The second kappa shape index (κ2) is 7.62. The van der Waals surface area contributed by atoms with Gasteiger partial charge in [-0.15, -0.1) is 0 Å². The van der Waals surface area contributed by atoms with Gasteiger partial charge in [0.15, 0.2) is 0 Å². The molecule has 7 nitrogen and oxygen atoms in total. The highest BCUT2D eigenvalue weighted by atomic mass is 16.2. The summed E-state index contributed by atoms with van der Waals surface area (Å²) in [6.07, 6.45) is 6.43. The van der Waals surface area contributed by atoms with Crippen molar-refractivity contribution in [2.24, 2.45) is 5.73 Å². The Bertz CT molecular complexity index is 899. The van der Waals surface area contributed by atoms with Crippen molar-refractivity contribution in [1.29, 1.82) is 0 Å². The van der Waals surface area contributed by atoms with E-state index < -0.39 is 11.1 Å². The number of hydrogen-bond acceptors (Lipinski definition) is 4. The van der Waals surface area contributed by atoms with Crippen LogP contribution in [0.3, 0.4) is 0 Å². The van der Waals surface area contributed by atoms with Gasteiger partial charge in [-0.3, -0.25) is 14.5 Å². The van der Waals surface area contributed by atoms with Gasteiger partial charge in [0, 0.05) is 28.8 Å². The first-order chi connectivity index (χ1) is 14.5. The van der Waals surface area contributed by atoms with Gasteiger partial charge >= 0.3 is 6.03 Å². The third-order valence-corrected chi connectivity index (χ3v) is 7.05. The molecule has 0 unspecified atom stereocenters. The molecule has 3 aliphatic rings. The Morgan fingerprint density at radius 3 is 2.16 bits per heavy atom. The zero-order valence-corrected chi connectivity index (χ0v) is 19.0. The summed E-state index contributed by atoms with van der Waals surface area (Å²) in [4.78, 5) is 42.5. The lowest BCUT2D eigenvalue weighted by molar-refractivity contribution is 0.00873. The highest BCUT2D eigenvalue weighted by molar-refractivity contribution is 6.22. The number of fused-ring (bicyclic) bond motifs is 1. The maximum absolute atomic E-state index is 13.3. The van der Waals surface area contributed by atoms with Crippen LogP contribution in [0.15, 0.2) is 18.2 Å². The summed E-state index contributed by atoms with van der Waals surface area (Å²) in [5.41, 5.74) is 6.77. The largest absolute Gasteiger partial charge is 0.328 e. The molecular weight excluding hydrogens is 392 g/mol. The van der Waals surface area contributed by atoms with Crippen LogP contribution in [0.1, 0.15) is 93.4 Å². The summed E-state index contributed by atoms with van der Waals surface area (Å²) < 4.78 is 0. The van der Waals surface area contributed by atoms with Gasteiger partial charge in [-0.2, -0.15) is 0 Å². The first-order valence-electron chi connectivity index (χ1n) is 11.4. The zero-order chi connectivity index (χ0) is 22.6. The summed E-state index contributed by atoms with van der Waals surface area (Å²) in [7, 11) is 0. The number of carbonyl (C=O) groups excluding carboxylic acids is 3. The molecule has 2 heterocycles. The maximum Gasteiger partial charge on any atom is 0.322 e. The van der Waals surface area contributed by atoms with E-state index >= 15 is 0 Å². The number of imide groups is 1. The molecule has 31 heavy (non-hydrogen) atoms. The summed E-state index contributed by atoms with van der Waals surface area (Å²) in [6, 6.07) is 4.83. The van der Waals surface area contributed by atoms with Gasteiger partial charge in [-0.1, -0.05) is 19.3 Å². The number of nitrogens with zero attached hydrogens (tertiary/aromatic N) is 2. The van der Waals surface area contributed by atoms with Gasteiger partial charge in [0.1, 0.15) is 0 Å². The number of nitrogens with two attached hydrogens (primary N) is 1. The molecule has 7 heteroatoms. The van der Waals surface area contributed by atoms with Crippen molar-refractivity contribution < 1.29 is 14.4 Å². The third kappa shape index (κ3) is 3.84. The predicted octanol–water partition coefficient (Wildman–Crippen LogP) is 4.13. The Labute approximate surface area is 184 Å². The molecule has 4 amide bonds. The van der Waals surface area contributed by atoms with Crippen molar-refractivity contribution >= 4 is 23.5 Å². The van der Waals surface area contributed by atoms with Crippen LogP contribution >= 0.6 is 0 Å². The van der Waals surface area contributed by atoms with Crippen molar-refractivity contribution in [3.05, 3.63) is 29.3 Å². The summed E-state index contributed by atoms with van der Waals surface area (Å²) in [6.45, 7) is 8.11. The topological polar surface area (TPSA) is 95.7 Å². The minimum Gasteiger partial charge on any atom is -0.328 e. The normalized spacial score (nSPS) is 23.8. The maximum atomic E-state index is 13.3. The fraction of sp³-hybridized carbons (Fsp3) is 0.625. The van der Waals surface area contributed by atoms with Gasteiger partial charge in [-0.05, 0) is 71.6 Å². The highest BCUT2D eigenvalue weighted by Gasteiger charge is 2.47. The molecule has 1 saturated carbocycles. The second-order valence-electron chi connectivity index (χ2n) is 10.6. The van der Waals surface area contributed by atoms with Gasteiger partial charge in [0.2, 0.25) is 0 Å². The van der Waals surface area contributed by atoms with E-state index in [2.05, 4.69) is 5.32 Å². The van der Waals surface area contributed by atoms with Crippen molar-refractivity contribution in [3.63, 3.8) is 0 Å². The number of benzene rings is 1. The fourth-order valence-corrected chi connectivity index (χ4v) is 6.09. The van der Waals surface area contributed by atoms with Gasteiger partial charge in [-0.25, -0.2) is 4.79 Å². The van der Waals surface area contributed by atoms with Crippen LogP contribution in [0.5, 0.6) is 0 Å². The molecule has 168 valence electrons. The molecule has 0 aromatic heterocycles. The Balaban J connectivity index is 1.56. The number of likely N-dealkylation sites (tertiary alicyclic amines) is 1. The van der Waals surface area contributed by atoms with E-state index in [1.807, 2.05) is 32.6 Å². The molecule has 0 spiro atoms. The number of rotatable bonds is 2. The molecular formula is C24H34N4O3. The lowest BCUT2D eigenvalue weighted by atomic mass is 9.77. The first-order valence-corrected chi connectivity index (χ1v) is 11.4. The molecule has 1 aromatic rings. The highest BCUT2D eigenvalue weighted by Crippen LogP contribution is 2.38. The fourth-order valence-electron chi connectivity index (χ4n) is 6.09. The van der Waals surface area contributed by atoms with Crippen LogP contribution in [0.2, 0.25) is 0 Å². The molecule has 2 aliphatic heterocycles. The summed E-state index contributed by atoms with van der Waals surface area (Å²) >= 11 is 0. The van der Waals surface area contributed by atoms with E-state index in [0.29, 0.717) is 16.8 Å². The Kier molecular flexibility index (Phi) is 5.36. The molecule has 3 N–H and O–H groups in total. The summed E-state index contributed by atoms with van der Waals surface area (Å²) in [5.74, 6) is -0.454. The van der Waals surface area contributed by atoms with E-state index in [9.17, 15) is 14.4 Å². The molecule has 1 aliphatic carbocycles. The van der Waals surface area contributed by atoms with E-state index in [1.165, 1.54) is 4.90 Å². The molecule has 0 atom stereocenters. The molecule has 4 rings (SSSR count). The Morgan fingerprint density at radius 1 is 0.968 bits per heavy atom. The lowest BCUT2D eigenvalue weighted by Gasteiger charge is -2.54. The van der Waals surface area contributed by atoms with Gasteiger partial charge < -0.3 is 16.0 Å². The van der Waals surface area contributed by atoms with Crippen LogP contribution in [-0.4, -0.2) is 50.8 Å². The number of hydrogen-bond donors (Lipinski definition) is 2. The average molecular weight is 427 g/mol. The van der Waals surface area contributed by atoms with E-state index in [0.717, 1.165) is 44.9 Å². The molecule has 2 fully saturated rings. The lowest BCUT2D eigenvalue weighted by Crippen LogP contribution is -2.66. The van der Waals surface area contributed by atoms with Crippen molar-refractivity contribution in [2.75, 3.05) is 5.32 Å². The smallest absolute Gasteiger partial charge is 0.322 e. The van der Waals surface area contributed by atoms with Crippen LogP contribution < -0.4 is 11.1 Å². The Morgan fingerprint density at radius 2 is 1.55 bits per heavy atom. The number of anilines is 1. The molecule has 0 bridgehead atoms. The van der Waals surface area contributed by atoms with Gasteiger partial charge in [0.05, 0.1) is 11.1 Å². The van der Waals surface area contributed by atoms with Gasteiger partial charge in [0.25, 0.3) is 11.8 Å². The van der Waals surface area contributed by atoms with Crippen molar-refractivity contribution in [2.45, 2.75) is 95.8 Å². The Hall–Kier alpha value is -2.41. The van der Waals surface area contributed by atoms with E-state index in [4.69, 9.17) is 5.73 Å². The molecule has 1 aromatic carbocycles. The van der Waals surface area contributed by atoms with E-state index in [1.54, 1.807) is 18.2 Å². The third-order valence-electron chi connectivity index (χ3n) is 7.05. The van der Waals surface area contributed by atoms with Crippen LogP contribution in [-0.2, 0) is 0 Å². The number of piperidine rings is 1. The van der Waals surface area contributed by atoms with Crippen molar-refractivity contribution in [1.82, 2.24) is 9.80 Å². The number of amides is 4. The van der Waals surface area contributed by atoms with Crippen molar-refractivity contribution in [3.8, 4) is 0 Å². The summed E-state index contributed by atoms with van der Waals surface area (Å²) in [5, 5.41) is 2.96. The quantitative estimate of drug-likeness (QED) is 0.695. The van der Waals surface area contributed by atoms with Crippen LogP contribution in [0, 0.1) is 0 Å². The zero-order valence-electron chi connectivity index (χ0n) is 19.0. The molecule has 1 saturated heterocycles. The second-order valence-corrected chi connectivity index (χ2v) is 10.6. The average Bonchev–Trinajstić information content (AvgIpc) is 2.90.